The molecule has 0 spiro atoms. The third-order valence-corrected chi connectivity index (χ3v) is 3.69. The summed E-state index contributed by atoms with van der Waals surface area (Å²) in [6.45, 7) is 3.41. The third kappa shape index (κ3) is 4.22. The zero-order valence-corrected chi connectivity index (χ0v) is 13.8. The van der Waals surface area contributed by atoms with Gasteiger partial charge in [0.1, 0.15) is 5.41 Å². The second-order valence-electron chi connectivity index (χ2n) is 5.54. The molecule has 1 aromatic carbocycles. The van der Waals surface area contributed by atoms with Crippen LogP contribution in [0.5, 0.6) is 0 Å². The molecule has 0 aliphatic rings. The molecule has 5 nitrogen and oxygen atoms in total. The lowest BCUT2D eigenvalue weighted by atomic mass is 9.78. The lowest BCUT2D eigenvalue weighted by Gasteiger charge is -2.23. The Bertz CT molecular complexity index is 706. The van der Waals surface area contributed by atoms with Gasteiger partial charge in [-0.05, 0) is 32.3 Å². The first kappa shape index (κ1) is 18.9. The van der Waals surface area contributed by atoms with E-state index in [0.717, 1.165) is 0 Å². The van der Waals surface area contributed by atoms with Crippen LogP contribution in [0.3, 0.4) is 0 Å². The Kier molecular flexibility index (Phi) is 6.72. The first-order valence-electron chi connectivity index (χ1n) is 7.59. The van der Waals surface area contributed by atoms with Crippen LogP contribution in [0.4, 0.5) is 0 Å². The summed E-state index contributed by atoms with van der Waals surface area (Å²) in [7, 11) is 0. The minimum atomic E-state index is -1.44. The molecule has 24 heavy (non-hydrogen) atoms. The molecular weight excluding hydrogens is 302 g/mol. The quantitative estimate of drug-likeness (QED) is 0.566. The Morgan fingerprint density at radius 1 is 1.08 bits per heavy atom. The van der Waals surface area contributed by atoms with E-state index in [1.165, 1.54) is 6.92 Å². The highest BCUT2D eigenvalue weighted by molar-refractivity contribution is 5.87. The van der Waals surface area contributed by atoms with Crippen LogP contribution in [-0.2, 0) is 14.9 Å². The molecule has 0 amide bonds. The van der Waals surface area contributed by atoms with Gasteiger partial charge >= 0.3 is 5.97 Å². The van der Waals surface area contributed by atoms with Crippen molar-refractivity contribution < 1.29 is 9.53 Å². The molecule has 0 bridgehead atoms. The van der Waals surface area contributed by atoms with E-state index in [0.29, 0.717) is 5.56 Å². The smallest absolute Gasteiger partial charge is 0.331 e. The fourth-order valence-electron chi connectivity index (χ4n) is 2.15. The number of hydrogen-bond acceptors (Lipinski definition) is 5. The summed E-state index contributed by atoms with van der Waals surface area (Å²) in [6, 6.07) is 14.7. The molecule has 0 saturated heterocycles. The van der Waals surface area contributed by atoms with Crippen molar-refractivity contribution in [2.24, 2.45) is 5.41 Å². The van der Waals surface area contributed by atoms with Crippen molar-refractivity contribution in [3.8, 4) is 18.2 Å². The highest BCUT2D eigenvalue weighted by atomic mass is 16.5. The summed E-state index contributed by atoms with van der Waals surface area (Å²) >= 11 is 0. The van der Waals surface area contributed by atoms with Crippen molar-refractivity contribution in [2.45, 2.75) is 32.1 Å². The summed E-state index contributed by atoms with van der Waals surface area (Å²) < 4.78 is 5.09. The second kappa shape index (κ2) is 8.51. The van der Waals surface area contributed by atoms with Crippen molar-refractivity contribution >= 4 is 5.97 Å². The maximum Gasteiger partial charge on any atom is 0.331 e. The molecule has 1 atom stereocenters. The van der Waals surface area contributed by atoms with E-state index < -0.39 is 16.8 Å². The highest BCUT2D eigenvalue weighted by Crippen LogP contribution is 2.30. The SMILES string of the molecule is CCOC(=O)C(C#N)(C/C=C/CC(C)(C#N)C#N)c1ccccc1. The zero-order chi connectivity index (χ0) is 18.1. The number of nitriles is 3. The van der Waals surface area contributed by atoms with Crippen LogP contribution in [-0.4, -0.2) is 12.6 Å². The molecule has 1 rings (SSSR count). The van der Waals surface area contributed by atoms with Gasteiger partial charge in [0.05, 0.1) is 24.8 Å². The number of nitrogens with zero attached hydrogens (tertiary/aromatic N) is 3. The number of allylic oxidation sites excluding steroid dienone is 2. The molecule has 0 aromatic heterocycles. The predicted molar refractivity (Wildman–Crippen MR) is 88.1 cm³/mol. The topological polar surface area (TPSA) is 97.7 Å². The van der Waals surface area contributed by atoms with Crippen molar-refractivity contribution in [1.82, 2.24) is 0 Å². The fraction of sp³-hybridized carbons (Fsp3) is 0.368. The Morgan fingerprint density at radius 3 is 2.17 bits per heavy atom. The van der Waals surface area contributed by atoms with E-state index in [2.05, 4.69) is 6.07 Å². The van der Waals surface area contributed by atoms with Gasteiger partial charge in [-0.2, -0.15) is 15.8 Å². The number of carbonyl (C=O) groups is 1. The van der Waals surface area contributed by atoms with E-state index in [-0.39, 0.29) is 19.4 Å². The Balaban J connectivity index is 3.09. The number of benzene rings is 1. The molecular formula is C19H19N3O2. The Morgan fingerprint density at radius 2 is 1.67 bits per heavy atom. The third-order valence-electron chi connectivity index (χ3n) is 3.69. The second-order valence-corrected chi connectivity index (χ2v) is 5.54. The van der Waals surface area contributed by atoms with Gasteiger partial charge in [0.2, 0.25) is 0 Å². The summed E-state index contributed by atoms with van der Waals surface area (Å²) in [5, 5.41) is 27.7. The minimum Gasteiger partial charge on any atom is -0.465 e. The first-order chi connectivity index (χ1) is 11.5. The van der Waals surface area contributed by atoms with Gasteiger partial charge < -0.3 is 4.74 Å². The molecule has 0 aliphatic heterocycles. The Labute approximate surface area is 142 Å². The van der Waals surface area contributed by atoms with Crippen LogP contribution >= 0.6 is 0 Å². The molecule has 0 aliphatic carbocycles. The molecule has 0 heterocycles. The largest absolute Gasteiger partial charge is 0.465 e. The highest BCUT2D eigenvalue weighted by Gasteiger charge is 2.41. The maximum absolute atomic E-state index is 12.4. The molecule has 0 saturated carbocycles. The molecule has 5 heteroatoms. The standard InChI is InChI=1S/C19H19N3O2/c1-3-24-17(23)19(15-22,16-9-5-4-6-10-16)12-8-7-11-18(2,13-20)14-21/h4-10H,3,11-12H2,1-2H3/b8-7+. The van der Waals surface area contributed by atoms with Gasteiger partial charge in [-0.25, -0.2) is 4.79 Å². The lowest BCUT2D eigenvalue weighted by Crippen LogP contribution is -2.35. The molecule has 122 valence electrons. The zero-order valence-electron chi connectivity index (χ0n) is 13.8. The molecule has 1 aromatic rings. The summed E-state index contributed by atoms with van der Waals surface area (Å²) in [5.74, 6) is -0.605. The average Bonchev–Trinajstić information content (AvgIpc) is 2.63. The van der Waals surface area contributed by atoms with Gasteiger partial charge in [-0.1, -0.05) is 42.5 Å². The summed E-state index contributed by atoms with van der Waals surface area (Å²) in [5.41, 5.74) is -2.01. The van der Waals surface area contributed by atoms with E-state index in [4.69, 9.17) is 15.3 Å². The van der Waals surface area contributed by atoms with Crippen LogP contribution < -0.4 is 0 Å². The van der Waals surface area contributed by atoms with Gasteiger partial charge in [-0.3, -0.25) is 0 Å². The van der Waals surface area contributed by atoms with E-state index >= 15 is 0 Å². The van der Waals surface area contributed by atoms with Crippen LogP contribution in [0.25, 0.3) is 0 Å². The molecule has 0 N–H and O–H groups in total. The van der Waals surface area contributed by atoms with Crippen LogP contribution in [0, 0.1) is 39.4 Å². The van der Waals surface area contributed by atoms with Crippen molar-refractivity contribution in [2.75, 3.05) is 6.61 Å². The monoisotopic (exact) mass is 321 g/mol. The summed E-state index contributed by atoms with van der Waals surface area (Å²) in [4.78, 5) is 12.4. The molecule has 0 fully saturated rings. The normalized spacial score (nSPS) is 13.3. The minimum absolute atomic E-state index is 0.110. The van der Waals surface area contributed by atoms with Crippen molar-refractivity contribution in [3.05, 3.63) is 48.0 Å². The van der Waals surface area contributed by atoms with E-state index in [1.54, 1.807) is 49.4 Å². The van der Waals surface area contributed by atoms with E-state index in [9.17, 15) is 10.1 Å². The first-order valence-corrected chi connectivity index (χ1v) is 7.59. The Hall–Kier alpha value is -3.10. The average molecular weight is 321 g/mol. The maximum atomic E-state index is 12.4. The number of esters is 1. The number of carbonyl (C=O) groups excluding carboxylic acids is 1. The number of ether oxygens (including phenoxy) is 1. The van der Waals surface area contributed by atoms with Gasteiger partial charge in [0.15, 0.2) is 5.41 Å². The lowest BCUT2D eigenvalue weighted by molar-refractivity contribution is -0.147. The van der Waals surface area contributed by atoms with Crippen molar-refractivity contribution in [1.29, 1.82) is 15.8 Å². The van der Waals surface area contributed by atoms with E-state index in [1.807, 2.05) is 12.1 Å². The van der Waals surface area contributed by atoms with Crippen molar-refractivity contribution in [3.63, 3.8) is 0 Å². The molecule has 1 unspecified atom stereocenters. The van der Waals surface area contributed by atoms with Crippen LogP contribution in [0.15, 0.2) is 42.5 Å². The number of hydrogen-bond donors (Lipinski definition) is 0. The number of rotatable bonds is 7. The van der Waals surface area contributed by atoms with Gasteiger partial charge in [-0.15, -0.1) is 0 Å². The molecule has 0 radical (unpaired) electrons. The van der Waals surface area contributed by atoms with Crippen LogP contribution in [0.2, 0.25) is 0 Å². The van der Waals surface area contributed by atoms with Gasteiger partial charge in [0, 0.05) is 0 Å². The van der Waals surface area contributed by atoms with Gasteiger partial charge in [0.25, 0.3) is 0 Å². The fourth-order valence-corrected chi connectivity index (χ4v) is 2.15. The predicted octanol–water partition coefficient (Wildman–Crippen LogP) is 3.40. The van der Waals surface area contributed by atoms with Crippen LogP contribution in [0.1, 0.15) is 32.3 Å². The summed E-state index contributed by atoms with van der Waals surface area (Å²) in [6.07, 6.45) is 3.64.